The molecule has 0 aliphatic heterocycles. The van der Waals surface area contributed by atoms with E-state index in [0.29, 0.717) is 5.92 Å². The monoisotopic (exact) mass is 267 g/mol. The topological polar surface area (TPSA) is 23.4 Å². The molecule has 20 heavy (non-hydrogen) atoms. The molecule has 0 amide bonds. The molecule has 1 aromatic heterocycles. The standard InChI is InChI=1S/C17H21N3/c1-4-20(5-2)11-12-8-14(12)16-10-19-17-7-6-13(18-3)9-15(16)17/h6-7,9-10,12,14,19H,4-5,8,11H2,1-2H3. The highest BCUT2D eigenvalue weighted by atomic mass is 15.1. The lowest BCUT2D eigenvalue weighted by Crippen LogP contribution is -2.25. The van der Waals surface area contributed by atoms with Gasteiger partial charge in [0.15, 0.2) is 5.69 Å². The van der Waals surface area contributed by atoms with Crippen LogP contribution in [0.2, 0.25) is 0 Å². The molecule has 1 fully saturated rings. The highest BCUT2D eigenvalue weighted by Gasteiger charge is 2.40. The Bertz CT molecular complexity index is 646. The van der Waals surface area contributed by atoms with Crippen LogP contribution in [-0.4, -0.2) is 29.5 Å². The van der Waals surface area contributed by atoms with Gasteiger partial charge in [0.2, 0.25) is 0 Å². The summed E-state index contributed by atoms with van der Waals surface area (Å²) in [5, 5.41) is 1.24. The number of rotatable bonds is 5. The van der Waals surface area contributed by atoms with Crippen LogP contribution in [0.3, 0.4) is 0 Å². The molecule has 1 aliphatic rings. The van der Waals surface area contributed by atoms with Crippen molar-refractivity contribution in [2.45, 2.75) is 26.2 Å². The molecular formula is C17H21N3. The first-order valence-corrected chi connectivity index (χ1v) is 7.47. The minimum atomic E-state index is 0.672. The molecule has 2 atom stereocenters. The quantitative estimate of drug-likeness (QED) is 0.808. The molecule has 0 saturated heterocycles. The number of aromatic nitrogens is 1. The normalized spacial score (nSPS) is 21.3. The molecule has 3 rings (SSSR count). The first-order valence-electron chi connectivity index (χ1n) is 7.47. The zero-order valence-electron chi connectivity index (χ0n) is 12.2. The number of nitrogens with one attached hydrogen (secondary N) is 1. The molecule has 3 heteroatoms. The van der Waals surface area contributed by atoms with Crippen molar-refractivity contribution in [2.24, 2.45) is 5.92 Å². The molecule has 2 aromatic rings. The van der Waals surface area contributed by atoms with Crippen molar-refractivity contribution in [3.05, 3.63) is 41.4 Å². The number of benzene rings is 1. The molecule has 3 nitrogen and oxygen atoms in total. The van der Waals surface area contributed by atoms with Crippen LogP contribution in [0.25, 0.3) is 15.7 Å². The maximum absolute atomic E-state index is 7.16. The second-order valence-electron chi connectivity index (χ2n) is 5.67. The summed E-state index contributed by atoms with van der Waals surface area (Å²) in [6.07, 6.45) is 3.43. The van der Waals surface area contributed by atoms with E-state index in [1.54, 1.807) is 0 Å². The zero-order chi connectivity index (χ0) is 14.1. The molecule has 2 unspecified atom stereocenters. The number of nitrogens with zero attached hydrogens (tertiary/aromatic N) is 2. The van der Waals surface area contributed by atoms with Crippen LogP contribution in [0.1, 0.15) is 31.7 Å². The zero-order valence-corrected chi connectivity index (χ0v) is 12.2. The summed E-state index contributed by atoms with van der Waals surface area (Å²) in [6, 6.07) is 5.94. The highest BCUT2D eigenvalue weighted by Crippen LogP contribution is 2.50. The lowest BCUT2D eigenvalue weighted by atomic mass is 10.1. The first kappa shape index (κ1) is 13.2. The summed E-state index contributed by atoms with van der Waals surface area (Å²) >= 11 is 0. The van der Waals surface area contributed by atoms with E-state index in [-0.39, 0.29) is 0 Å². The van der Waals surface area contributed by atoms with Gasteiger partial charge in [-0.25, -0.2) is 4.85 Å². The van der Waals surface area contributed by atoms with Crippen molar-refractivity contribution in [1.29, 1.82) is 0 Å². The molecule has 1 heterocycles. The Balaban J connectivity index is 1.81. The van der Waals surface area contributed by atoms with Gasteiger partial charge in [0.05, 0.1) is 6.57 Å². The van der Waals surface area contributed by atoms with Crippen LogP contribution >= 0.6 is 0 Å². The van der Waals surface area contributed by atoms with Crippen molar-refractivity contribution in [2.75, 3.05) is 19.6 Å². The van der Waals surface area contributed by atoms with Gasteiger partial charge in [0.25, 0.3) is 0 Å². The van der Waals surface area contributed by atoms with E-state index < -0.39 is 0 Å². The van der Waals surface area contributed by atoms with Crippen LogP contribution < -0.4 is 0 Å². The summed E-state index contributed by atoms with van der Waals surface area (Å²) in [6.45, 7) is 15.1. The lowest BCUT2D eigenvalue weighted by molar-refractivity contribution is 0.289. The number of hydrogen-bond acceptors (Lipinski definition) is 1. The second kappa shape index (κ2) is 5.30. The van der Waals surface area contributed by atoms with Gasteiger partial charge >= 0.3 is 0 Å². The molecule has 104 valence electrons. The van der Waals surface area contributed by atoms with Gasteiger partial charge in [-0.05, 0) is 54.4 Å². The van der Waals surface area contributed by atoms with Crippen molar-refractivity contribution in [1.82, 2.24) is 9.88 Å². The largest absolute Gasteiger partial charge is 0.361 e. The minimum Gasteiger partial charge on any atom is -0.361 e. The summed E-state index contributed by atoms with van der Waals surface area (Å²) < 4.78 is 0. The molecular weight excluding hydrogens is 246 g/mol. The maximum Gasteiger partial charge on any atom is 0.187 e. The molecule has 0 spiro atoms. The van der Waals surface area contributed by atoms with Crippen molar-refractivity contribution < 1.29 is 0 Å². The Labute approximate surface area is 120 Å². The fraction of sp³-hybridized carbons (Fsp3) is 0.471. The molecule has 1 saturated carbocycles. The van der Waals surface area contributed by atoms with E-state index in [1.807, 2.05) is 18.2 Å². The van der Waals surface area contributed by atoms with Crippen LogP contribution in [0.5, 0.6) is 0 Å². The average molecular weight is 267 g/mol. The number of aromatic amines is 1. The molecule has 1 aromatic carbocycles. The fourth-order valence-electron chi connectivity index (χ4n) is 3.15. The Hall–Kier alpha value is -1.79. The van der Waals surface area contributed by atoms with Crippen molar-refractivity contribution in [3.8, 4) is 0 Å². The molecule has 0 bridgehead atoms. The first-order chi connectivity index (χ1) is 9.76. The van der Waals surface area contributed by atoms with Gasteiger partial charge < -0.3 is 9.88 Å². The van der Waals surface area contributed by atoms with Gasteiger partial charge in [0, 0.05) is 18.3 Å². The third kappa shape index (κ3) is 2.32. The number of hydrogen-bond donors (Lipinski definition) is 1. The molecule has 1 N–H and O–H groups in total. The van der Waals surface area contributed by atoms with E-state index >= 15 is 0 Å². The third-order valence-electron chi connectivity index (χ3n) is 4.54. The summed E-state index contributed by atoms with van der Waals surface area (Å²) in [5.74, 6) is 1.45. The van der Waals surface area contributed by atoms with E-state index in [2.05, 4.69) is 34.8 Å². The second-order valence-corrected chi connectivity index (χ2v) is 5.67. The van der Waals surface area contributed by atoms with Gasteiger partial charge in [-0.1, -0.05) is 19.9 Å². The highest BCUT2D eigenvalue weighted by molar-refractivity contribution is 5.87. The van der Waals surface area contributed by atoms with Gasteiger partial charge in [-0.3, -0.25) is 0 Å². The SMILES string of the molecule is [C-]#[N+]c1ccc2[nH]cc(C3CC3CN(CC)CC)c2c1. The summed E-state index contributed by atoms with van der Waals surface area (Å²) in [4.78, 5) is 9.39. The Morgan fingerprint density at radius 1 is 1.35 bits per heavy atom. The van der Waals surface area contributed by atoms with E-state index in [4.69, 9.17) is 6.57 Å². The molecule has 0 radical (unpaired) electrons. The van der Waals surface area contributed by atoms with Gasteiger partial charge in [0.1, 0.15) is 0 Å². The van der Waals surface area contributed by atoms with Gasteiger partial charge in [-0.15, -0.1) is 0 Å². The third-order valence-corrected chi connectivity index (χ3v) is 4.54. The Morgan fingerprint density at radius 3 is 2.85 bits per heavy atom. The summed E-state index contributed by atoms with van der Waals surface area (Å²) in [5.41, 5.74) is 3.29. The predicted molar refractivity (Wildman–Crippen MR) is 83.2 cm³/mol. The smallest absolute Gasteiger partial charge is 0.187 e. The van der Waals surface area contributed by atoms with Crippen molar-refractivity contribution in [3.63, 3.8) is 0 Å². The van der Waals surface area contributed by atoms with Crippen LogP contribution in [0.15, 0.2) is 24.4 Å². The van der Waals surface area contributed by atoms with Crippen LogP contribution in [0.4, 0.5) is 5.69 Å². The Morgan fingerprint density at radius 2 is 2.15 bits per heavy atom. The minimum absolute atomic E-state index is 0.672. The Kier molecular flexibility index (Phi) is 3.50. The maximum atomic E-state index is 7.16. The van der Waals surface area contributed by atoms with E-state index in [9.17, 15) is 0 Å². The fourth-order valence-corrected chi connectivity index (χ4v) is 3.15. The van der Waals surface area contributed by atoms with E-state index in [0.717, 1.165) is 30.2 Å². The summed E-state index contributed by atoms with van der Waals surface area (Å²) in [7, 11) is 0. The average Bonchev–Trinajstić information content (AvgIpc) is 3.12. The van der Waals surface area contributed by atoms with Crippen LogP contribution in [0, 0.1) is 12.5 Å². The predicted octanol–water partition coefficient (Wildman–Crippen LogP) is 4.16. The molecule has 1 aliphatic carbocycles. The number of fused-ring (bicyclic) bond motifs is 1. The van der Waals surface area contributed by atoms with Crippen molar-refractivity contribution >= 4 is 16.6 Å². The van der Waals surface area contributed by atoms with Gasteiger partial charge in [-0.2, -0.15) is 0 Å². The van der Waals surface area contributed by atoms with Crippen LogP contribution in [-0.2, 0) is 0 Å². The number of H-pyrrole nitrogens is 1. The lowest BCUT2D eigenvalue weighted by Gasteiger charge is -2.17. The van der Waals surface area contributed by atoms with E-state index in [1.165, 1.54) is 23.9 Å².